The number of hydrogen-bond donors (Lipinski definition) is 0. The van der Waals surface area contributed by atoms with Gasteiger partial charge in [0.25, 0.3) is 10.0 Å². The van der Waals surface area contributed by atoms with Gasteiger partial charge in [-0.3, -0.25) is 9.10 Å². The maximum Gasteiger partial charge on any atom is 0.264 e. The fourth-order valence-electron chi connectivity index (χ4n) is 4.22. The quantitative estimate of drug-likeness (QED) is 0.452. The summed E-state index contributed by atoms with van der Waals surface area (Å²) in [5.74, 6) is 0.540. The molecule has 0 spiro atoms. The smallest absolute Gasteiger partial charge is 0.264 e. The molecule has 3 aromatic rings. The van der Waals surface area contributed by atoms with Crippen molar-refractivity contribution in [3.05, 3.63) is 82.9 Å². The number of piperazine rings is 1. The van der Waals surface area contributed by atoms with Crippen LogP contribution in [0.3, 0.4) is 0 Å². The van der Waals surface area contributed by atoms with E-state index in [-0.39, 0.29) is 17.3 Å². The molecule has 0 aromatic heterocycles. The highest BCUT2D eigenvalue weighted by atomic mass is 35.5. The van der Waals surface area contributed by atoms with Crippen LogP contribution in [0.1, 0.15) is 11.1 Å². The third kappa shape index (κ3) is 5.60. The monoisotopic (exact) mass is 527 g/mol. The molecule has 4 rings (SSSR count). The molecule has 1 fully saturated rings. The highest BCUT2D eigenvalue weighted by Crippen LogP contribution is 2.30. The van der Waals surface area contributed by atoms with E-state index in [0.717, 1.165) is 17.0 Å². The van der Waals surface area contributed by atoms with Gasteiger partial charge in [-0.15, -0.1) is 0 Å². The minimum absolute atomic E-state index is 0.129. The van der Waals surface area contributed by atoms with E-state index in [1.54, 1.807) is 61.4 Å². The second kappa shape index (κ2) is 10.8. The largest absolute Gasteiger partial charge is 0.497 e. The lowest BCUT2D eigenvalue weighted by atomic mass is 10.2. The molecule has 7 nitrogen and oxygen atoms in total. The van der Waals surface area contributed by atoms with Crippen LogP contribution < -0.4 is 13.9 Å². The Balaban J connectivity index is 1.54. The van der Waals surface area contributed by atoms with E-state index in [4.69, 9.17) is 16.3 Å². The maximum absolute atomic E-state index is 13.7. The highest BCUT2D eigenvalue weighted by Gasteiger charge is 2.31. The minimum Gasteiger partial charge on any atom is -0.497 e. The number of nitrogens with zero attached hydrogens (tertiary/aromatic N) is 3. The number of carbonyl (C=O) groups excluding carboxylic acids is 1. The predicted octanol–water partition coefficient (Wildman–Crippen LogP) is 4.51. The Morgan fingerprint density at radius 3 is 2.19 bits per heavy atom. The first kappa shape index (κ1) is 25.9. The van der Waals surface area contributed by atoms with Gasteiger partial charge in [-0.25, -0.2) is 8.42 Å². The number of sulfonamides is 1. The van der Waals surface area contributed by atoms with Crippen LogP contribution in [0.25, 0.3) is 0 Å². The standard InChI is InChI=1S/C27H30ClN3O4S/c1-20-4-12-25(13-5-20)36(33,34)31(26-18-22(28)7-6-21(26)2)19-27(32)30-16-14-29(15-17-30)23-8-10-24(35-3)11-9-23/h4-13,18H,14-17,19H2,1-3H3. The topological polar surface area (TPSA) is 70.2 Å². The van der Waals surface area contributed by atoms with E-state index in [1.165, 1.54) is 4.31 Å². The molecule has 190 valence electrons. The molecule has 0 saturated carbocycles. The average Bonchev–Trinajstić information content (AvgIpc) is 2.89. The second-order valence-electron chi connectivity index (χ2n) is 8.82. The van der Waals surface area contributed by atoms with Crippen molar-refractivity contribution in [3.63, 3.8) is 0 Å². The second-order valence-corrected chi connectivity index (χ2v) is 11.1. The van der Waals surface area contributed by atoms with Crippen molar-refractivity contribution in [3.8, 4) is 5.75 Å². The summed E-state index contributed by atoms with van der Waals surface area (Å²) >= 11 is 6.23. The zero-order valence-electron chi connectivity index (χ0n) is 20.6. The van der Waals surface area contributed by atoms with Gasteiger partial charge < -0.3 is 14.5 Å². The Morgan fingerprint density at radius 2 is 1.58 bits per heavy atom. The molecule has 1 aliphatic heterocycles. The summed E-state index contributed by atoms with van der Waals surface area (Å²) in [5.41, 5.74) is 3.12. The van der Waals surface area contributed by atoms with E-state index in [9.17, 15) is 13.2 Å². The Bertz CT molecular complexity index is 1320. The summed E-state index contributed by atoms with van der Waals surface area (Å²) < 4.78 is 33.8. The number of carbonyl (C=O) groups is 1. The number of anilines is 2. The molecule has 3 aromatic carbocycles. The van der Waals surface area contributed by atoms with Gasteiger partial charge in [-0.05, 0) is 67.9 Å². The number of aryl methyl sites for hydroxylation is 2. The van der Waals surface area contributed by atoms with Gasteiger partial charge >= 0.3 is 0 Å². The molecule has 9 heteroatoms. The van der Waals surface area contributed by atoms with E-state index in [0.29, 0.717) is 42.5 Å². The fraction of sp³-hybridized carbons (Fsp3) is 0.296. The van der Waals surface area contributed by atoms with E-state index in [2.05, 4.69) is 4.90 Å². The average molecular weight is 528 g/mol. The molecule has 1 aliphatic rings. The van der Waals surface area contributed by atoms with Crippen molar-refractivity contribution in [1.29, 1.82) is 0 Å². The van der Waals surface area contributed by atoms with Gasteiger partial charge in [0, 0.05) is 36.9 Å². The van der Waals surface area contributed by atoms with Crippen molar-refractivity contribution >= 4 is 38.9 Å². The third-order valence-electron chi connectivity index (χ3n) is 6.40. The number of halogens is 1. The third-order valence-corrected chi connectivity index (χ3v) is 8.41. The van der Waals surface area contributed by atoms with Crippen LogP contribution in [-0.4, -0.2) is 59.1 Å². The van der Waals surface area contributed by atoms with Crippen LogP contribution in [-0.2, 0) is 14.8 Å². The fourth-order valence-corrected chi connectivity index (χ4v) is 5.86. The first-order valence-electron chi connectivity index (χ1n) is 11.7. The number of rotatable bonds is 7. The summed E-state index contributed by atoms with van der Waals surface area (Å²) in [6, 6.07) is 19.5. The summed E-state index contributed by atoms with van der Waals surface area (Å²) in [7, 11) is -2.37. The first-order valence-corrected chi connectivity index (χ1v) is 13.5. The van der Waals surface area contributed by atoms with E-state index in [1.807, 2.05) is 31.2 Å². The molecule has 0 bridgehead atoms. The molecule has 0 radical (unpaired) electrons. The summed E-state index contributed by atoms with van der Waals surface area (Å²) in [6.07, 6.45) is 0. The van der Waals surface area contributed by atoms with Crippen LogP contribution in [0.15, 0.2) is 71.6 Å². The van der Waals surface area contributed by atoms with Crippen LogP contribution in [0, 0.1) is 13.8 Å². The minimum atomic E-state index is -4.00. The molecule has 0 aliphatic carbocycles. The van der Waals surface area contributed by atoms with Gasteiger partial charge in [-0.1, -0.05) is 35.4 Å². The van der Waals surface area contributed by atoms with Crippen molar-refractivity contribution in [2.45, 2.75) is 18.7 Å². The normalized spacial score (nSPS) is 14.0. The van der Waals surface area contributed by atoms with Gasteiger partial charge in [0.05, 0.1) is 17.7 Å². The lowest BCUT2D eigenvalue weighted by Crippen LogP contribution is -2.52. The summed E-state index contributed by atoms with van der Waals surface area (Å²) in [5, 5.41) is 0.403. The first-order chi connectivity index (χ1) is 17.2. The zero-order valence-corrected chi connectivity index (χ0v) is 22.2. The van der Waals surface area contributed by atoms with Crippen molar-refractivity contribution in [1.82, 2.24) is 4.90 Å². The number of ether oxygens (including phenoxy) is 1. The maximum atomic E-state index is 13.7. The summed E-state index contributed by atoms with van der Waals surface area (Å²) in [4.78, 5) is 17.4. The number of hydrogen-bond acceptors (Lipinski definition) is 5. The Morgan fingerprint density at radius 1 is 0.944 bits per heavy atom. The van der Waals surface area contributed by atoms with Gasteiger partial charge in [-0.2, -0.15) is 0 Å². The highest BCUT2D eigenvalue weighted by molar-refractivity contribution is 7.92. The summed E-state index contributed by atoms with van der Waals surface area (Å²) in [6.45, 7) is 5.69. The molecule has 36 heavy (non-hydrogen) atoms. The van der Waals surface area contributed by atoms with Crippen molar-refractivity contribution in [2.24, 2.45) is 0 Å². The van der Waals surface area contributed by atoms with E-state index >= 15 is 0 Å². The molecule has 0 unspecified atom stereocenters. The Kier molecular flexibility index (Phi) is 7.76. The molecule has 1 amide bonds. The van der Waals surface area contributed by atoms with Crippen LogP contribution in [0.5, 0.6) is 5.75 Å². The van der Waals surface area contributed by atoms with Crippen LogP contribution in [0.4, 0.5) is 11.4 Å². The molecule has 1 heterocycles. The van der Waals surface area contributed by atoms with Crippen LogP contribution >= 0.6 is 11.6 Å². The van der Waals surface area contributed by atoms with Gasteiger partial charge in [0.1, 0.15) is 12.3 Å². The molecule has 0 N–H and O–H groups in total. The van der Waals surface area contributed by atoms with Crippen molar-refractivity contribution in [2.75, 3.05) is 49.0 Å². The lowest BCUT2D eigenvalue weighted by Gasteiger charge is -2.37. The SMILES string of the molecule is COc1ccc(N2CCN(C(=O)CN(c3cc(Cl)ccc3C)S(=O)(=O)c3ccc(C)cc3)CC2)cc1. The van der Waals surface area contributed by atoms with Crippen LogP contribution in [0.2, 0.25) is 5.02 Å². The predicted molar refractivity (Wildman–Crippen MR) is 144 cm³/mol. The number of amides is 1. The van der Waals surface area contributed by atoms with E-state index < -0.39 is 10.0 Å². The Hall–Kier alpha value is -3.23. The van der Waals surface area contributed by atoms with Gasteiger partial charge in [0.2, 0.25) is 5.91 Å². The molecular weight excluding hydrogens is 498 g/mol. The number of methoxy groups -OCH3 is 1. The molecule has 1 saturated heterocycles. The van der Waals surface area contributed by atoms with Crippen molar-refractivity contribution < 1.29 is 17.9 Å². The zero-order chi connectivity index (χ0) is 25.9. The lowest BCUT2D eigenvalue weighted by molar-refractivity contribution is -0.129. The molecule has 0 atom stereocenters. The Labute approximate surface area is 217 Å². The number of benzene rings is 3. The van der Waals surface area contributed by atoms with Gasteiger partial charge in [0.15, 0.2) is 0 Å². The molecular formula is C27H30ClN3O4S.